The van der Waals surface area contributed by atoms with E-state index in [1.54, 1.807) is 62.8 Å². The van der Waals surface area contributed by atoms with Gasteiger partial charge in [0.25, 0.3) is 5.91 Å². The number of nitrogens with one attached hydrogen (secondary N) is 1. The summed E-state index contributed by atoms with van der Waals surface area (Å²) in [6.45, 7) is 0.0447. The smallest absolute Gasteiger partial charge is 0.268 e. The second-order valence-electron chi connectivity index (χ2n) is 10.2. The number of rotatable bonds is 10. The van der Waals surface area contributed by atoms with Crippen LogP contribution >= 0.6 is 11.5 Å². The summed E-state index contributed by atoms with van der Waals surface area (Å²) in [6.07, 6.45) is 3.86. The van der Waals surface area contributed by atoms with E-state index in [9.17, 15) is 14.0 Å². The van der Waals surface area contributed by atoms with Gasteiger partial charge < -0.3 is 25.4 Å². The van der Waals surface area contributed by atoms with Crippen LogP contribution in [0.4, 0.5) is 10.1 Å². The molecule has 0 radical (unpaired) electrons. The number of carbonyl (C=O) groups excluding carboxylic acids is 2. The number of ether oxygens (including phenoxy) is 2. The number of amides is 2. The SMILES string of the molecule is COc1ccc(-c2nsc(C(=O)N(Cc3ccc(F)cc3)[C@@H](C(=O)NC3CCCC3)c3ccc(OC)cc3)c2N)cc1. The third kappa shape index (κ3) is 6.38. The first-order chi connectivity index (χ1) is 20.4. The molecule has 218 valence electrons. The van der Waals surface area contributed by atoms with Gasteiger partial charge in [-0.1, -0.05) is 37.1 Å². The van der Waals surface area contributed by atoms with Gasteiger partial charge in [0.1, 0.15) is 33.9 Å². The molecule has 1 saturated carbocycles. The lowest BCUT2D eigenvalue weighted by molar-refractivity contribution is -0.126. The molecule has 1 aliphatic carbocycles. The Kier molecular flexibility index (Phi) is 9.02. The molecule has 1 aromatic heterocycles. The van der Waals surface area contributed by atoms with Gasteiger partial charge in [0, 0.05) is 18.2 Å². The van der Waals surface area contributed by atoms with Gasteiger partial charge in [0.05, 0.1) is 19.9 Å². The minimum Gasteiger partial charge on any atom is -0.497 e. The molecule has 1 fully saturated rings. The highest BCUT2D eigenvalue weighted by Crippen LogP contribution is 2.35. The maximum absolute atomic E-state index is 14.4. The average molecular weight is 589 g/mol. The van der Waals surface area contributed by atoms with Crippen LogP contribution in [0, 0.1) is 5.82 Å². The Balaban J connectivity index is 1.56. The Hall–Kier alpha value is -4.44. The Morgan fingerprint density at radius 3 is 2.17 bits per heavy atom. The lowest BCUT2D eigenvalue weighted by Crippen LogP contribution is -2.45. The van der Waals surface area contributed by atoms with Crippen LogP contribution in [0.3, 0.4) is 0 Å². The van der Waals surface area contributed by atoms with Crippen molar-refractivity contribution in [1.29, 1.82) is 0 Å². The van der Waals surface area contributed by atoms with Crippen LogP contribution in [0.5, 0.6) is 11.5 Å². The molecule has 0 aliphatic heterocycles. The lowest BCUT2D eigenvalue weighted by Gasteiger charge is -2.32. The average Bonchev–Trinajstić information content (AvgIpc) is 3.67. The number of nitrogens with two attached hydrogens (primary N) is 1. The van der Waals surface area contributed by atoms with Crippen molar-refractivity contribution in [3.8, 4) is 22.8 Å². The Labute approximate surface area is 248 Å². The fourth-order valence-electron chi connectivity index (χ4n) is 5.22. The summed E-state index contributed by atoms with van der Waals surface area (Å²) >= 11 is 0.985. The van der Waals surface area contributed by atoms with Crippen molar-refractivity contribution < 1.29 is 23.5 Å². The van der Waals surface area contributed by atoms with Gasteiger partial charge in [-0.3, -0.25) is 9.59 Å². The fourth-order valence-corrected chi connectivity index (χ4v) is 5.99. The van der Waals surface area contributed by atoms with E-state index in [2.05, 4.69) is 9.69 Å². The highest BCUT2D eigenvalue weighted by Gasteiger charge is 2.36. The van der Waals surface area contributed by atoms with Gasteiger partial charge in [-0.05, 0) is 84.0 Å². The molecule has 10 heteroatoms. The zero-order chi connectivity index (χ0) is 29.6. The highest BCUT2D eigenvalue weighted by molar-refractivity contribution is 7.09. The summed E-state index contributed by atoms with van der Waals surface area (Å²) in [4.78, 5) is 30.1. The summed E-state index contributed by atoms with van der Waals surface area (Å²) in [5.74, 6) is 0.182. The predicted octanol–water partition coefficient (Wildman–Crippen LogP) is 5.99. The molecular formula is C32H33FN4O4S. The van der Waals surface area contributed by atoms with Crippen molar-refractivity contribution in [3.63, 3.8) is 0 Å². The minimum absolute atomic E-state index is 0.0381. The van der Waals surface area contributed by atoms with E-state index in [4.69, 9.17) is 15.2 Å². The van der Waals surface area contributed by atoms with Gasteiger partial charge in [0.2, 0.25) is 5.91 Å². The molecule has 0 saturated heterocycles. The highest BCUT2D eigenvalue weighted by atomic mass is 32.1. The molecule has 5 rings (SSSR count). The summed E-state index contributed by atoms with van der Waals surface area (Å²) in [7, 11) is 3.15. The van der Waals surface area contributed by atoms with Crippen LogP contribution in [0.1, 0.15) is 52.5 Å². The van der Waals surface area contributed by atoms with Gasteiger partial charge >= 0.3 is 0 Å². The number of anilines is 1. The minimum atomic E-state index is -0.986. The predicted molar refractivity (Wildman–Crippen MR) is 161 cm³/mol. The van der Waals surface area contributed by atoms with Crippen molar-refractivity contribution >= 4 is 29.0 Å². The van der Waals surface area contributed by atoms with Crippen LogP contribution in [-0.4, -0.2) is 41.3 Å². The number of aromatic nitrogens is 1. The van der Waals surface area contributed by atoms with Crippen molar-refractivity contribution in [2.75, 3.05) is 20.0 Å². The first-order valence-electron chi connectivity index (χ1n) is 13.8. The first-order valence-corrected chi connectivity index (χ1v) is 14.5. The molecular weight excluding hydrogens is 555 g/mol. The van der Waals surface area contributed by atoms with E-state index in [0.717, 1.165) is 42.8 Å². The first kappa shape index (κ1) is 29.1. The number of methoxy groups -OCH3 is 2. The molecule has 1 aliphatic rings. The van der Waals surface area contributed by atoms with Gasteiger partial charge in [-0.15, -0.1) is 0 Å². The molecule has 3 aromatic carbocycles. The van der Waals surface area contributed by atoms with Crippen molar-refractivity contribution in [2.24, 2.45) is 0 Å². The van der Waals surface area contributed by atoms with Crippen LogP contribution < -0.4 is 20.5 Å². The number of hydrogen-bond donors (Lipinski definition) is 2. The van der Waals surface area contributed by atoms with E-state index in [0.29, 0.717) is 28.3 Å². The van der Waals surface area contributed by atoms with Crippen molar-refractivity contribution in [3.05, 3.63) is 94.6 Å². The number of nitrogens with zero attached hydrogens (tertiary/aromatic N) is 2. The second kappa shape index (κ2) is 13.0. The van der Waals surface area contributed by atoms with E-state index in [1.165, 1.54) is 17.0 Å². The number of carbonyl (C=O) groups is 2. The van der Waals surface area contributed by atoms with Crippen LogP contribution in [-0.2, 0) is 11.3 Å². The van der Waals surface area contributed by atoms with E-state index < -0.39 is 17.8 Å². The molecule has 3 N–H and O–H groups in total. The molecule has 42 heavy (non-hydrogen) atoms. The number of hydrogen-bond acceptors (Lipinski definition) is 7. The lowest BCUT2D eigenvalue weighted by atomic mass is 10.0. The van der Waals surface area contributed by atoms with Crippen LogP contribution in [0.15, 0.2) is 72.8 Å². The molecule has 0 unspecified atom stereocenters. The van der Waals surface area contributed by atoms with Gasteiger partial charge in [-0.25, -0.2) is 4.39 Å². The molecule has 8 nitrogen and oxygen atoms in total. The molecule has 2 amide bonds. The summed E-state index contributed by atoms with van der Waals surface area (Å²) in [5, 5.41) is 3.16. The Morgan fingerprint density at radius 1 is 0.976 bits per heavy atom. The normalized spacial score (nSPS) is 13.9. The summed E-state index contributed by atoms with van der Waals surface area (Å²) < 4.78 is 28.9. The largest absolute Gasteiger partial charge is 0.497 e. The number of benzene rings is 3. The third-order valence-electron chi connectivity index (χ3n) is 7.51. The van der Waals surface area contributed by atoms with Gasteiger partial charge in [-0.2, -0.15) is 4.37 Å². The van der Waals surface area contributed by atoms with Crippen LogP contribution in [0.2, 0.25) is 0 Å². The van der Waals surface area contributed by atoms with Gasteiger partial charge in [0.15, 0.2) is 0 Å². The zero-order valence-electron chi connectivity index (χ0n) is 23.5. The Morgan fingerprint density at radius 2 is 1.57 bits per heavy atom. The topological polar surface area (TPSA) is 107 Å². The number of halogens is 1. The maximum atomic E-state index is 14.4. The number of nitrogen functional groups attached to an aromatic ring is 1. The van der Waals surface area contributed by atoms with Crippen molar-refractivity contribution in [2.45, 2.75) is 44.3 Å². The monoisotopic (exact) mass is 588 g/mol. The van der Waals surface area contributed by atoms with Crippen molar-refractivity contribution in [1.82, 2.24) is 14.6 Å². The summed E-state index contributed by atoms with van der Waals surface area (Å²) in [6, 6.07) is 19.2. The second-order valence-corrected chi connectivity index (χ2v) is 11.0. The molecule has 1 atom stereocenters. The molecule has 0 spiro atoms. The van der Waals surface area contributed by atoms with E-state index >= 15 is 0 Å². The maximum Gasteiger partial charge on any atom is 0.268 e. The Bertz CT molecular complexity index is 1520. The third-order valence-corrected chi connectivity index (χ3v) is 8.36. The van der Waals surface area contributed by atoms with E-state index in [1.807, 2.05) is 12.1 Å². The van der Waals surface area contributed by atoms with Crippen LogP contribution in [0.25, 0.3) is 11.3 Å². The summed E-state index contributed by atoms with van der Waals surface area (Å²) in [5.41, 5.74) is 9.26. The molecule has 1 heterocycles. The quantitative estimate of drug-likeness (QED) is 0.236. The molecule has 0 bridgehead atoms. The standard InChI is InChI=1S/C32H33FN4O4S/c1-40-25-15-9-21(10-16-25)28-27(34)30(42-36-28)32(39)37(19-20-7-13-23(33)14-8-20)29(22-11-17-26(41-2)18-12-22)31(38)35-24-5-3-4-6-24/h7-18,24,29H,3-6,19,34H2,1-2H3,(H,35,38)/t29-/m1/s1. The zero-order valence-corrected chi connectivity index (χ0v) is 24.3. The van der Waals surface area contributed by atoms with E-state index in [-0.39, 0.29) is 29.1 Å². The molecule has 4 aromatic rings. The fraction of sp³-hybridized carbons (Fsp3) is 0.281.